The van der Waals surface area contributed by atoms with Crippen LogP contribution in [-0.2, 0) is 16.0 Å². The fraction of sp³-hybridized carbons (Fsp3) is 0.533. The van der Waals surface area contributed by atoms with Crippen LogP contribution in [0.1, 0.15) is 41.1 Å². The Morgan fingerprint density at radius 2 is 2.22 bits per heavy atom. The molecule has 2 aliphatic rings. The maximum atomic E-state index is 12.7. The second-order valence-electron chi connectivity index (χ2n) is 5.62. The van der Waals surface area contributed by atoms with Crippen LogP contribution in [0.5, 0.6) is 5.75 Å². The molecule has 0 bridgehead atoms. The third-order valence-corrected chi connectivity index (χ3v) is 4.17. The largest absolute Gasteiger partial charge is 0.503 e. The van der Waals surface area contributed by atoms with Crippen LogP contribution in [0, 0.1) is 0 Å². The van der Waals surface area contributed by atoms with Crippen molar-refractivity contribution in [1.29, 1.82) is 0 Å². The average molecular weight is 322 g/mol. The molecule has 0 aromatic carbocycles. The van der Waals surface area contributed by atoms with Crippen molar-refractivity contribution in [2.45, 2.75) is 39.1 Å². The molecule has 0 spiro atoms. The topological polar surface area (TPSA) is 98.1 Å². The highest BCUT2D eigenvalue weighted by Gasteiger charge is 2.41. The van der Waals surface area contributed by atoms with Crippen molar-refractivity contribution in [3.05, 3.63) is 27.7 Å². The Balaban J connectivity index is 2.11. The first kappa shape index (κ1) is 15.5. The fourth-order valence-electron chi connectivity index (χ4n) is 3.01. The van der Waals surface area contributed by atoms with Gasteiger partial charge in [0.05, 0.1) is 19.8 Å². The lowest BCUT2D eigenvalue weighted by atomic mass is 10.1. The van der Waals surface area contributed by atoms with Gasteiger partial charge in [-0.25, -0.2) is 4.79 Å². The average Bonchev–Trinajstić information content (AvgIpc) is 2.50. The first-order valence-corrected chi connectivity index (χ1v) is 7.53. The van der Waals surface area contributed by atoms with Crippen molar-refractivity contribution in [3.63, 3.8) is 0 Å². The number of hydrogen-bond donors (Lipinski definition) is 1. The number of hydrogen-bond acceptors (Lipinski definition) is 6. The lowest BCUT2D eigenvalue weighted by Gasteiger charge is -2.44. The number of aromatic hydroxyl groups is 1. The molecule has 1 aromatic heterocycles. The highest BCUT2D eigenvalue weighted by Crippen LogP contribution is 2.29. The summed E-state index contributed by atoms with van der Waals surface area (Å²) in [5.41, 5.74) is -1.30. The molecule has 3 heterocycles. The van der Waals surface area contributed by atoms with Gasteiger partial charge >= 0.3 is 5.97 Å². The van der Waals surface area contributed by atoms with E-state index in [1.165, 1.54) is 15.7 Å². The van der Waals surface area contributed by atoms with Gasteiger partial charge in [0.25, 0.3) is 5.91 Å². The van der Waals surface area contributed by atoms with Crippen molar-refractivity contribution in [2.24, 2.45) is 0 Å². The molecule has 1 saturated heterocycles. The zero-order chi connectivity index (χ0) is 16.7. The Labute approximate surface area is 132 Å². The summed E-state index contributed by atoms with van der Waals surface area (Å²) in [6, 6.07) is -0.0470. The summed E-state index contributed by atoms with van der Waals surface area (Å²) >= 11 is 0. The van der Waals surface area contributed by atoms with E-state index in [2.05, 4.69) is 0 Å². The van der Waals surface area contributed by atoms with Gasteiger partial charge in [-0.2, -0.15) is 0 Å². The maximum absolute atomic E-state index is 12.7. The van der Waals surface area contributed by atoms with Crippen molar-refractivity contribution in [3.8, 4) is 5.75 Å². The molecule has 0 saturated carbocycles. The second-order valence-corrected chi connectivity index (χ2v) is 5.62. The van der Waals surface area contributed by atoms with Crippen molar-refractivity contribution < 1.29 is 24.2 Å². The predicted molar refractivity (Wildman–Crippen MR) is 78.3 cm³/mol. The number of esters is 1. The molecule has 2 aliphatic heterocycles. The summed E-state index contributed by atoms with van der Waals surface area (Å²) in [6.07, 6.45) is 1.47. The van der Waals surface area contributed by atoms with E-state index in [-0.39, 0.29) is 30.5 Å². The number of carbonyl (C=O) groups excluding carboxylic acids is 2. The Morgan fingerprint density at radius 3 is 2.91 bits per heavy atom. The number of aromatic nitrogens is 1. The zero-order valence-electron chi connectivity index (χ0n) is 12.9. The van der Waals surface area contributed by atoms with Gasteiger partial charge in [0.15, 0.2) is 17.7 Å². The molecule has 1 aromatic rings. The molecule has 0 unspecified atom stereocenters. The molecule has 1 N–H and O–H groups in total. The van der Waals surface area contributed by atoms with Gasteiger partial charge in [-0.1, -0.05) is 0 Å². The van der Waals surface area contributed by atoms with Crippen molar-refractivity contribution in [1.82, 2.24) is 9.47 Å². The smallest absolute Gasteiger partial charge is 0.343 e. The predicted octanol–water partition coefficient (Wildman–Crippen LogP) is 0.321. The van der Waals surface area contributed by atoms with Gasteiger partial charge in [-0.3, -0.25) is 9.59 Å². The summed E-state index contributed by atoms with van der Waals surface area (Å²) in [6.45, 7) is 4.39. The van der Waals surface area contributed by atoms with Crippen LogP contribution in [0.2, 0.25) is 0 Å². The van der Waals surface area contributed by atoms with E-state index in [1.54, 1.807) is 6.92 Å². The Bertz CT molecular complexity index is 725. The molecular weight excluding hydrogens is 304 g/mol. The molecule has 3 rings (SSSR count). The quantitative estimate of drug-likeness (QED) is 0.788. The summed E-state index contributed by atoms with van der Waals surface area (Å²) in [4.78, 5) is 38.2. The van der Waals surface area contributed by atoms with Crippen LogP contribution in [0.4, 0.5) is 0 Å². The second kappa shape index (κ2) is 5.69. The van der Waals surface area contributed by atoms with Crippen molar-refractivity contribution in [2.75, 3.05) is 13.2 Å². The molecule has 0 aliphatic carbocycles. The maximum Gasteiger partial charge on any atom is 0.343 e. The normalized spacial score (nSPS) is 23.2. The molecule has 1 amide bonds. The number of ether oxygens (including phenoxy) is 2. The lowest BCUT2D eigenvalue weighted by Crippen LogP contribution is -2.57. The van der Waals surface area contributed by atoms with Gasteiger partial charge in [0.2, 0.25) is 5.43 Å². The molecule has 124 valence electrons. The molecule has 0 radical (unpaired) electrons. The molecule has 8 heteroatoms. The minimum atomic E-state index is -0.896. The lowest BCUT2D eigenvalue weighted by molar-refractivity contribution is -0.112. The van der Waals surface area contributed by atoms with E-state index in [0.29, 0.717) is 13.0 Å². The van der Waals surface area contributed by atoms with Crippen LogP contribution < -0.4 is 5.43 Å². The van der Waals surface area contributed by atoms with E-state index in [9.17, 15) is 19.5 Å². The van der Waals surface area contributed by atoms with Gasteiger partial charge in [0.1, 0.15) is 5.56 Å². The summed E-state index contributed by atoms with van der Waals surface area (Å²) < 4.78 is 11.8. The van der Waals surface area contributed by atoms with E-state index >= 15 is 0 Å². The van der Waals surface area contributed by atoms with Crippen LogP contribution in [0.15, 0.2) is 11.0 Å². The Morgan fingerprint density at radius 1 is 1.48 bits per heavy atom. The van der Waals surface area contributed by atoms with Crippen LogP contribution in [0.3, 0.4) is 0 Å². The number of amides is 1. The minimum absolute atomic E-state index is 0.0470. The summed E-state index contributed by atoms with van der Waals surface area (Å²) in [5, 5.41) is 10.2. The third-order valence-electron chi connectivity index (χ3n) is 4.17. The van der Waals surface area contributed by atoms with Crippen LogP contribution in [-0.4, -0.2) is 51.9 Å². The number of fused-ring (bicyclic) bond motifs is 2. The van der Waals surface area contributed by atoms with E-state index in [0.717, 1.165) is 0 Å². The first-order valence-electron chi connectivity index (χ1n) is 7.53. The van der Waals surface area contributed by atoms with Crippen LogP contribution in [0.25, 0.3) is 0 Å². The van der Waals surface area contributed by atoms with Gasteiger partial charge in [-0.05, 0) is 20.3 Å². The molecule has 23 heavy (non-hydrogen) atoms. The molecule has 1 fully saturated rings. The van der Waals surface area contributed by atoms with E-state index in [1.807, 2.05) is 6.92 Å². The number of carbonyl (C=O) groups is 2. The minimum Gasteiger partial charge on any atom is -0.503 e. The van der Waals surface area contributed by atoms with E-state index < -0.39 is 29.3 Å². The van der Waals surface area contributed by atoms with Gasteiger partial charge in [0, 0.05) is 12.2 Å². The van der Waals surface area contributed by atoms with Gasteiger partial charge < -0.3 is 24.0 Å². The van der Waals surface area contributed by atoms with E-state index in [4.69, 9.17) is 9.47 Å². The summed E-state index contributed by atoms with van der Waals surface area (Å²) in [5.74, 6) is -2.02. The van der Waals surface area contributed by atoms with Gasteiger partial charge in [-0.15, -0.1) is 0 Å². The Kier molecular flexibility index (Phi) is 3.85. The third kappa shape index (κ3) is 2.39. The molecule has 8 nitrogen and oxygen atoms in total. The number of nitrogens with zero attached hydrogens (tertiary/aromatic N) is 2. The SMILES string of the molecule is CCOC(=O)c1cn2c(c(O)c1=O)C(=O)N1[C@H](C)CCO[C@H]1C2. The molecule has 2 atom stereocenters. The molecular formula is C15H18N2O6. The highest BCUT2D eigenvalue weighted by molar-refractivity contribution is 5.98. The first-order chi connectivity index (χ1) is 11.0. The summed E-state index contributed by atoms with van der Waals surface area (Å²) in [7, 11) is 0. The Hall–Kier alpha value is -2.35. The number of rotatable bonds is 2. The van der Waals surface area contributed by atoms with Crippen molar-refractivity contribution >= 4 is 11.9 Å². The highest BCUT2D eigenvalue weighted by atomic mass is 16.5. The monoisotopic (exact) mass is 322 g/mol. The van der Waals surface area contributed by atoms with Crippen LogP contribution >= 0.6 is 0 Å². The fourth-order valence-corrected chi connectivity index (χ4v) is 3.01. The number of pyridine rings is 1. The standard InChI is InChI=1S/C15H18N2O6/c1-3-22-15(21)9-6-16-7-10-17(8(2)4-5-23-10)14(20)11(16)13(19)12(9)18/h6,8,10,19H,3-5,7H2,1-2H3/t8-,10+/m1/s1. The zero-order valence-corrected chi connectivity index (χ0v) is 12.9.